The zero-order valence-corrected chi connectivity index (χ0v) is 25.8. The number of aromatic nitrogens is 4. The molecule has 1 aliphatic heterocycles. The van der Waals surface area contributed by atoms with Crippen molar-refractivity contribution in [2.24, 2.45) is 0 Å². The third-order valence-electron chi connectivity index (χ3n) is 9.06. The minimum Gasteiger partial charge on any atom is -0.449 e. The van der Waals surface area contributed by atoms with Crippen LogP contribution in [-0.2, 0) is 5.41 Å². The fraction of sp³-hybridized carbons (Fsp3) is 0.0732. The van der Waals surface area contributed by atoms with E-state index in [2.05, 4.69) is 67.4 Å². The maximum absolute atomic E-state index is 6.71. The molecule has 6 heteroatoms. The molecule has 224 valence electrons. The molecule has 1 aliphatic carbocycles. The minimum absolute atomic E-state index is 0.126. The molecule has 0 bridgehead atoms. The van der Waals surface area contributed by atoms with Crippen LogP contribution in [0.15, 0.2) is 134 Å². The number of benzene rings is 5. The molecule has 2 aromatic heterocycles. The number of fused-ring (bicyclic) bond motifs is 6. The van der Waals surface area contributed by atoms with Crippen molar-refractivity contribution in [2.45, 2.75) is 19.3 Å². The van der Waals surface area contributed by atoms with Crippen LogP contribution < -0.4 is 9.47 Å². The highest BCUT2D eigenvalue weighted by molar-refractivity contribution is 5.89. The molecule has 3 heterocycles. The number of ether oxygens (including phenoxy) is 2. The lowest BCUT2D eigenvalue weighted by atomic mass is 9.82. The summed E-state index contributed by atoms with van der Waals surface area (Å²) in [6.45, 7) is 4.53. The Morgan fingerprint density at radius 1 is 0.489 bits per heavy atom. The van der Waals surface area contributed by atoms with Crippen molar-refractivity contribution in [1.82, 2.24) is 19.9 Å². The molecule has 0 saturated carbocycles. The Bertz CT molecular complexity index is 2280. The van der Waals surface area contributed by atoms with Gasteiger partial charge in [-0.1, -0.05) is 111 Å². The molecule has 2 aliphatic rings. The third-order valence-corrected chi connectivity index (χ3v) is 9.06. The zero-order valence-electron chi connectivity index (χ0n) is 25.8. The summed E-state index contributed by atoms with van der Waals surface area (Å²) < 4.78 is 13.4. The highest BCUT2D eigenvalue weighted by Crippen LogP contribution is 2.59. The molecule has 0 N–H and O–H groups in total. The second-order valence-corrected chi connectivity index (χ2v) is 12.3. The van der Waals surface area contributed by atoms with Crippen LogP contribution in [0.4, 0.5) is 0 Å². The summed E-state index contributed by atoms with van der Waals surface area (Å²) in [6, 6.07) is 42.6. The molecule has 0 amide bonds. The highest BCUT2D eigenvalue weighted by atomic mass is 16.6. The van der Waals surface area contributed by atoms with Crippen LogP contribution in [0.3, 0.4) is 0 Å². The van der Waals surface area contributed by atoms with Gasteiger partial charge in [0.2, 0.25) is 0 Å². The van der Waals surface area contributed by atoms with Gasteiger partial charge in [-0.05, 0) is 52.6 Å². The van der Waals surface area contributed by atoms with E-state index in [1.54, 1.807) is 6.20 Å². The van der Waals surface area contributed by atoms with Gasteiger partial charge in [-0.2, -0.15) is 0 Å². The van der Waals surface area contributed by atoms with Crippen molar-refractivity contribution in [3.63, 3.8) is 0 Å². The van der Waals surface area contributed by atoms with E-state index in [-0.39, 0.29) is 5.41 Å². The fourth-order valence-corrected chi connectivity index (χ4v) is 6.73. The second kappa shape index (κ2) is 10.5. The summed E-state index contributed by atoms with van der Waals surface area (Å²) in [6.07, 6.45) is 1.74. The lowest BCUT2D eigenvalue weighted by Gasteiger charge is -2.26. The SMILES string of the molecule is CC1(C)c2ccccc2-c2c1ccc1c2Oc2cccc(-c3cccc(-c4nc(-c5ccccc5)nc(-c5ccccn5)n4)c3)c2O1. The number of hydrogen-bond donors (Lipinski definition) is 0. The first kappa shape index (κ1) is 27.2. The largest absolute Gasteiger partial charge is 0.449 e. The van der Waals surface area contributed by atoms with Crippen molar-refractivity contribution >= 4 is 0 Å². The van der Waals surface area contributed by atoms with E-state index in [4.69, 9.17) is 24.4 Å². The maximum Gasteiger partial charge on any atom is 0.182 e. The molecule has 0 atom stereocenters. The summed E-state index contributed by atoms with van der Waals surface area (Å²) in [4.78, 5) is 19.1. The van der Waals surface area contributed by atoms with Crippen LogP contribution in [0.2, 0.25) is 0 Å². The summed E-state index contributed by atoms with van der Waals surface area (Å²) in [5, 5.41) is 0. The molecule has 0 spiro atoms. The summed E-state index contributed by atoms with van der Waals surface area (Å²) in [7, 11) is 0. The first-order chi connectivity index (χ1) is 23.0. The fourth-order valence-electron chi connectivity index (χ4n) is 6.73. The Kier molecular flexibility index (Phi) is 6.05. The van der Waals surface area contributed by atoms with E-state index in [9.17, 15) is 0 Å². The smallest absolute Gasteiger partial charge is 0.182 e. The highest BCUT2D eigenvalue weighted by Gasteiger charge is 2.39. The number of hydrogen-bond acceptors (Lipinski definition) is 6. The van der Waals surface area contributed by atoms with Gasteiger partial charge in [0.1, 0.15) is 5.69 Å². The molecule has 0 unspecified atom stereocenters. The van der Waals surface area contributed by atoms with E-state index in [0.717, 1.165) is 33.6 Å². The Morgan fingerprint density at radius 3 is 2.00 bits per heavy atom. The number of rotatable bonds is 4. The lowest BCUT2D eigenvalue weighted by Crippen LogP contribution is -2.15. The predicted molar refractivity (Wildman–Crippen MR) is 184 cm³/mol. The standard InChI is InChI=1S/C41H28N4O2/c1-41(2)30-18-7-6-16-29(30)35-31(41)21-22-34-37(35)47-33-20-11-17-28(36(33)46-34)26-14-10-15-27(24-26)39-43-38(25-12-4-3-5-13-25)44-40(45-39)32-19-8-9-23-42-32/h3-24H,1-2H3. The van der Waals surface area contributed by atoms with Crippen molar-refractivity contribution in [2.75, 3.05) is 0 Å². The molecule has 9 rings (SSSR count). The van der Waals surface area contributed by atoms with Crippen molar-refractivity contribution in [1.29, 1.82) is 0 Å². The predicted octanol–water partition coefficient (Wildman–Crippen LogP) is 10.1. The van der Waals surface area contributed by atoms with Crippen molar-refractivity contribution in [3.05, 3.63) is 145 Å². The Hall–Kier alpha value is -6.14. The van der Waals surface area contributed by atoms with Gasteiger partial charge in [0.05, 0.1) is 0 Å². The molecule has 5 aromatic carbocycles. The van der Waals surface area contributed by atoms with Gasteiger partial charge in [-0.15, -0.1) is 0 Å². The normalized spacial score (nSPS) is 13.4. The first-order valence-corrected chi connectivity index (χ1v) is 15.6. The number of pyridine rings is 1. The van der Waals surface area contributed by atoms with Gasteiger partial charge in [-0.3, -0.25) is 4.98 Å². The first-order valence-electron chi connectivity index (χ1n) is 15.6. The van der Waals surface area contributed by atoms with Gasteiger partial charge >= 0.3 is 0 Å². The molecule has 6 nitrogen and oxygen atoms in total. The van der Waals surface area contributed by atoms with Gasteiger partial charge < -0.3 is 9.47 Å². The summed E-state index contributed by atoms with van der Waals surface area (Å²) in [5.74, 6) is 4.49. The molecule has 0 fully saturated rings. The quantitative estimate of drug-likeness (QED) is 0.198. The lowest BCUT2D eigenvalue weighted by molar-refractivity contribution is 0.361. The Balaban J connectivity index is 1.13. The number of para-hydroxylation sites is 1. The topological polar surface area (TPSA) is 70.0 Å². The van der Waals surface area contributed by atoms with Crippen LogP contribution in [0.5, 0.6) is 23.0 Å². The van der Waals surface area contributed by atoms with Gasteiger partial charge in [-0.25, -0.2) is 15.0 Å². The maximum atomic E-state index is 6.71. The van der Waals surface area contributed by atoms with Gasteiger partial charge in [0.25, 0.3) is 0 Å². The summed E-state index contributed by atoms with van der Waals surface area (Å²) >= 11 is 0. The summed E-state index contributed by atoms with van der Waals surface area (Å²) in [5.41, 5.74) is 9.02. The zero-order chi connectivity index (χ0) is 31.5. The minimum atomic E-state index is -0.126. The average molecular weight is 609 g/mol. The molecule has 7 aromatic rings. The van der Waals surface area contributed by atoms with E-state index in [1.165, 1.54) is 16.7 Å². The van der Waals surface area contributed by atoms with Gasteiger partial charge in [0, 0.05) is 33.9 Å². The number of nitrogens with zero attached hydrogens (tertiary/aromatic N) is 4. The van der Waals surface area contributed by atoms with Crippen LogP contribution in [0.1, 0.15) is 25.0 Å². The molecular formula is C41H28N4O2. The molecule has 0 saturated heterocycles. The molecule has 47 heavy (non-hydrogen) atoms. The van der Waals surface area contributed by atoms with Crippen LogP contribution in [0.25, 0.3) is 56.5 Å². The van der Waals surface area contributed by atoms with E-state index in [0.29, 0.717) is 40.4 Å². The third kappa shape index (κ3) is 4.41. The van der Waals surface area contributed by atoms with E-state index in [1.807, 2.05) is 78.9 Å². The van der Waals surface area contributed by atoms with Crippen molar-refractivity contribution < 1.29 is 9.47 Å². The molecular weight excluding hydrogens is 580 g/mol. The average Bonchev–Trinajstić information content (AvgIpc) is 3.37. The Morgan fingerprint density at radius 2 is 1.15 bits per heavy atom. The van der Waals surface area contributed by atoms with Crippen molar-refractivity contribution in [3.8, 4) is 79.5 Å². The Labute approximate surface area is 272 Å². The second-order valence-electron chi connectivity index (χ2n) is 12.3. The van der Waals surface area contributed by atoms with Crippen LogP contribution >= 0.6 is 0 Å². The molecule has 0 radical (unpaired) electrons. The monoisotopic (exact) mass is 608 g/mol. The van der Waals surface area contributed by atoms with Gasteiger partial charge in [0.15, 0.2) is 40.5 Å². The van der Waals surface area contributed by atoms with E-state index >= 15 is 0 Å². The van der Waals surface area contributed by atoms with Crippen LogP contribution in [-0.4, -0.2) is 19.9 Å². The van der Waals surface area contributed by atoms with Crippen LogP contribution in [0, 0.1) is 0 Å². The van der Waals surface area contributed by atoms with E-state index < -0.39 is 0 Å².